The zero-order chi connectivity index (χ0) is 24.1. The summed E-state index contributed by atoms with van der Waals surface area (Å²) in [7, 11) is -7.47. The van der Waals surface area contributed by atoms with Crippen LogP contribution in [0.3, 0.4) is 0 Å². The number of benzene rings is 2. The molecule has 2 aromatic carbocycles. The summed E-state index contributed by atoms with van der Waals surface area (Å²) >= 11 is 0. The fraction of sp³-hybridized carbons (Fsp3) is 0.158. The number of rotatable bonds is 6. The van der Waals surface area contributed by atoms with Gasteiger partial charge in [-0.3, -0.25) is 18.7 Å². The first kappa shape index (κ1) is 24.7. The highest BCUT2D eigenvalue weighted by molar-refractivity contribution is 7.85. The van der Waals surface area contributed by atoms with Gasteiger partial charge < -0.3 is 10.4 Å². The lowest BCUT2D eigenvalue weighted by Gasteiger charge is -2.14. The summed E-state index contributed by atoms with van der Waals surface area (Å²) in [6.07, 6.45) is 0. The number of aryl methyl sites for hydroxylation is 1. The molecule has 0 atom stereocenters. The molecule has 3 rings (SSSR count). The van der Waals surface area contributed by atoms with Crippen molar-refractivity contribution in [3.63, 3.8) is 0 Å². The molecule has 0 fully saturated rings. The van der Waals surface area contributed by atoms with Crippen molar-refractivity contribution in [2.24, 2.45) is 0 Å². The summed E-state index contributed by atoms with van der Waals surface area (Å²) in [4.78, 5) is 23.1. The van der Waals surface area contributed by atoms with E-state index in [-0.39, 0.29) is 11.4 Å². The number of hydrogen-bond donors (Lipinski definition) is 3. The molecule has 11 nitrogen and oxygen atoms in total. The third-order valence-corrected chi connectivity index (χ3v) is 5.30. The van der Waals surface area contributed by atoms with Crippen molar-refractivity contribution in [1.82, 2.24) is 4.57 Å². The smallest absolute Gasteiger partial charge is 0.425 e. The maximum absolute atomic E-state index is 12.2. The molecule has 0 spiro atoms. The molecule has 0 bridgehead atoms. The van der Waals surface area contributed by atoms with Crippen LogP contribution in [0.15, 0.2) is 58.2 Å². The first-order chi connectivity index (χ1) is 14.9. The summed E-state index contributed by atoms with van der Waals surface area (Å²) in [6, 6.07) is 12.6. The minimum absolute atomic E-state index is 0.108. The number of nitrogens with one attached hydrogen (secondary N) is 1. The van der Waals surface area contributed by atoms with Crippen LogP contribution in [0, 0.1) is 6.92 Å². The van der Waals surface area contributed by atoms with E-state index in [2.05, 4.69) is 5.32 Å². The van der Waals surface area contributed by atoms with Crippen LogP contribution in [0.5, 0.6) is 0 Å². The van der Waals surface area contributed by atoms with Crippen LogP contribution in [0.2, 0.25) is 0 Å². The normalized spacial score (nSPS) is 10.8. The maximum atomic E-state index is 12.2. The first-order valence-electron chi connectivity index (χ1n) is 8.82. The maximum Gasteiger partial charge on any atom is 0.425 e. The van der Waals surface area contributed by atoms with Crippen molar-refractivity contribution in [1.29, 1.82) is 0 Å². The van der Waals surface area contributed by atoms with Gasteiger partial charge in [-0.05, 0) is 36.2 Å². The van der Waals surface area contributed by atoms with Crippen LogP contribution in [0.25, 0.3) is 10.9 Å². The molecule has 0 saturated carbocycles. The SMILES string of the molecule is Cc1cc(=O)n(CC(=O)O)c2cc(NCc3ccccc3S(=O)(=O)O)ccc12.O=S(=O)=O. The Bertz CT molecular complexity index is 1440. The Morgan fingerprint density at radius 1 is 1.09 bits per heavy atom. The molecule has 0 unspecified atom stereocenters. The van der Waals surface area contributed by atoms with E-state index in [1.165, 1.54) is 22.8 Å². The molecule has 0 amide bonds. The Labute approximate surface area is 183 Å². The topological polar surface area (TPSA) is 177 Å². The van der Waals surface area contributed by atoms with Crippen LogP contribution < -0.4 is 10.9 Å². The number of anilines is 1. The van der Waals surface area contributed by atoms with Crippen molar-refractivity contribution < 1.29 is 35.5 Å². The van der Waals surface area contributed by atoms with Gasteiger partial charge in [0.2, 0.25) is 0 Å². The predicted molar refractivity (Wildman–Crippen MR) is 114 cm³/mol. The molecule has 0 saturated heterocycles. The molecule has 170 valence electrons. The molecule has 0 aliphatic heterocycles. The molecule has 0 radical (unpaired) electrons. The molecular formula is C19H18N2O9S2. The minimum atomic E-state index is -4.35. The van der Waals surface area contributed by atoms with E-state index in [4.69, 9.17) is 17.7 Å². The largest absolute Gasteiger partial charge is 0.480 e. The van der Waals surface area contributed by atoms with E-state index in [0.29, 0.717) is 16.8 Å². The number of aliphatic carboxylic acids is 1. The average Bonchev–Trinajstić information content (AvgIpc) is 2.68. The lowest BCUT2D eigenvalue weighted by Crippen LogP contribution is -2.24. The van der Waals surface area contributed by atoms with E-state index in [1.807, 2.05) is 0 Å². The highest BCUT2D eigenvalue weighted by Gasteiger charge is 2.15. The molecule has 0 aliphatic carbocycles. The van der Waals surface area contributed by atoms with Gasteiger partial charge in [-0.1, -0.05) is 24.3 Å². The Morgan fingerprint density at radius 3 is 2.31 bits per heavy atom. The van der Waals surface area contributed by atoms with Gasteiger partial charge >= 0.3 is 16.6 Å². The number of pyridine rings is 1. The first-order valence-corrected chi connectivity index (χ1v) is 11.3. The molecule has 1 heterocycles. The molecule has 13 heteroatoms. The van der Waals surface area contributed by atoms with Gasteiger partial charge in [-0.25, -0.2) is 0 Å². The van der Waals surface area contributed by atoms with Crippen LogP contribution in [-0.4, -0.2) is 41.2 Å². The zero-order valence-electron chi connectivity index (χ0n) is 16.5. The van der Waals surface area contributed by atoms with Gasteiger partial charge in [0.15, 0.2) is 0 Å². The molecular weight excluding hydrogens is 464 g/mol. The van der Waals surface area contributed by atoms with Crippen molar-refractivity contribution in [2.75, 3.05) is 5.32 Å². The number of nitrogens with zero attached hydrogens (tertiary/aromatic N) is 1. The van der Waals surface area contributed by atoms with E-state index in [0.717, 1.165) is 10.9 Å². The third kappa shape index (κ3) is 6.47. The summed E-state index contributed by atoms with van der Waals surface area (Å²) in [5, 5.41) is 12.9. The highest BCUT2D eigenvalue weighted by atomic mass is 32.2. The molecule has 3 N–H and O–H groups in total. The predicted octanol–water partition coefficient (Wildman–Crippen LogP) is 1.25. The summed E-state index contributed by atoms with van der Waals surface area (Å²) < 4.78 is 58.8. The number of aromatic nitrogens is 1. The monoisotopic (exact) mass is 482 g/mol. The van der Waals surface area contributed by atoms with Gasteiger partial charge in [0, 0.05) is 23.7 Å². The van der Waals surface area contributed by atoms with Crippen molar-refractivity contribution in [3.8, 4) is 0 Å². The molecule has 32 heavy (non-hydrogen) atoms. The van der Waals surface area contributed by atoms with Crippen molar-refractivity contribution in [3.05, 3.63) is 70.0 Å². The van der Waals surface area contributed by atoms with Crippen molar-refractivity contribution in [2.45, 2.75) is 24.9 Å². The second-order valence-electron chi connectivity index (χ2n) is 6.52. The van der Waals surface area contributed by atoms with E-state index < -0.39 is 38.8 Å². The minimum Gasteiger partial charge on any atom is -0.480 e. The van der Waals surface area contributed by atoms with Crippen LogP contribution in [0.1, 0.15) is 11.1 Å². The van der Waals surface area contributed by atoms with Gasteiger partial charge in [0.1, 0.15) is 6.54 Å². The Hall–Kier alpha value is -3.55. The fourth-order valence-corrected chi connectivity index (χ4v) is 3.78. The van der Waals surface area contributed by atoms with E-state index in [9.17, 15) is 22.6 Å². The summed E-state index contributed by atoms with van der Waals surface area (Å²) in [5.74, 6) is -1.13. The number of carboxylic acid groups (broad SMARTS) is 1. The average molecular weight is 482 g/mol. The van der Waals surface area contributed by atoms with Crippen LogP contribution in [-0.2, 0) is 38.6 Å². The molecule has 0 aliphatic rings. The van der Waals surface area contributed by atoms with Gasteiger partial charge in [-0.15, -0.1) is 12.6 Å². The highest BCUT2D eigenvalue weighted by Crippen LogP contribution is 2.23. The quantitative estimate of drug-likeness (QED) is 0.433. The number of fused-ring (bicyclic) bond motifs is 1. The standard InChI is InChI=1S/C19H18N2O6S.O3S/c1-12-8-18(22)21(11-19(23)24)16-9-14(6-7-15(12)16)20-10-13-4-2-3-5-17(13)28(25,26)27;1-4(2)3/h2-9,20H,10-11H2,1H3,(H,23,24)(H,25,26,27);. The molecule has 3 aromatic rings. The zero-order valence-corrected chi connectivity index (χ0v) is 18.2. The van der Waals surface area contributed by atoms with E-state index in [1.54, 1.807) is 37.3 Å². The van der Waals surface area contributed by atoms with Gasteiger partial charge in [0.25, 0.3) is 15.7 Å². The lowest BCUT2D eigenvalue weighted by molar-refractivity contribution is -0.137. The van der Waals surface area contributed by atoms with E-state index >= 15 is 0 Å². The number of hydrogen-bond acceptors (Lipinski definition) is 8. The second-order valence-corrected chi connectivity index (χ2v) is 8.32. The lowest BCUT2D eigenvalue weighted by atomic mass is 10.1. The van der Waals surface area contributed by atoms with Crippen LogP contribution >= 0.6 is 0 Å². The van der Waals surface area contributed by atoms with Gasteiger partial charge in [-0.2, -0.15) is 8.42 Å². The fourth-order valence-electron chi connectivity index (χ4n) is 3.06. The number of carbonyl (C=O) groups is 1. The Kier molecular flexibility index (Phi) is 7.86. The summed E-state index contributed by atoms with van der Waals surface area (Å²) in [5.41, 5.74) is 1.71. The third-order valence-electron chi connectivity index (χ3n) is 4.35. The summed E-state index contributed by atoms with van der Waals surface area (Å²) in [6.45, 7) is 1.41. The Morgan fingerprint density at radius 2 is 1.72 bits per heavy atom. The van der Waals surface area contributed by atoms with Crippen LogP contribution in [0.4, 0.5) is 5.69 Å². The number of carboxylic acids is 1. The second kappa shape index (κ2) is 10.2. The van der Waals surface area contributed by atoms with Gasteiger partial charge in [0.05, 0.1) is 10.4 Å². The Balaban J connectivity index is 0.000000837. The van der Waals surface area contributed by atoms with Crippen molar-refractivity contribution >= 4 is 43.3 Å². The molecule has 1 aromatic heterocycles.